The minimum atomic E-state index is -1.16. The molecule has 7 heteroatoms. The van der Waals surface area contributed by atoms with Crippen LogP contribution < -0.4 is 0 Å². The van der Waals surface area contributed by atoms with Crippen LogP contribution in [0.4, 0.5) is 0 Å². The molecule has 0 bridgehead atoms. The fourth-order valence-electron chi connectivity index (χ4n) is 1.64. The molecule has 1 aliphatic rings. The van der Waals surface area contributed by atoms with E-state index in [2.05, 4.69) is 0 Å². The third-order valence-electron chi connectivity index (χ3n) is 2.58. The van der Waals surface area contributed by atoms with Crippen molar-refractivity contribution in [3.05, 3.63) is 12.2 Å². The van der Waals surface area contributed by atoms with Crippen molar-refractivity contribution < 1.29 is 24.2 Å². The second-order valence-electron chi connectivity index (χ2n) is 3.81. The van der Waals surface area contributed by atoms with Crippen LogP contribution in [-0.4, -0.2) is 72.6 Å². The standard InChI is InChI=1S/C11H16N2O5/c1-18-8-10(15)13-6-4-12(5-7-13)9(14)2-3-11(16)17/h2-3H,4-8H2,1H3,(H,16,17)/b3-2+. The van der Waals surface area contributed by atoms with Crippen LogP contribution in [0, 0.1) is 0 Å². The number of amides is 2. The van der Waals surface area contributed by atoms with E-state index >= 15 is 0 Å². The van der Waals surface area contributed by atoms with E-state index in [1.807, 2.05) is 0 Å². The van der Waals surface area contributed by atoms with Crippen LogP contribution in [-0.2, 0) is 19.1 Å². The first-order valence-corrected chi connectivity index (χ1v) is 5.51. The number of ether oxygens (including phenoxy) is 1. The van der Waals surface area contributed by atoms with E-state index in [4.69, 9.17) is 9.84 Å². The number of methoxy groups -OCH3 is 1. The molecule has 1 aliphatic heterocycles. The summed E-state index contributed by atoms with van der Waals surface area (Å²) in [5.41, 5.74) is 0. The van der Waals surface area contributed by atoms with Gasteiger partial charge in [0, 0.05) is 45.4 Å². The van der Waals surface area contributed by atoms with Gasteiger partial charge in [0.25, 0.3) is 0 Å². The van der Waals surface area contributed by atoms with Crippen LogP contribution in [0.2, 0.25) is 0 Å². The van der Waals surface area contributed by atoms with E-state index < -0.39 is 5.97 Å². The monoisotopic (exact) mass is 256 g/mol. The van der Waals surface area contributed by atoms with Crippen molar-refractivity contribution in [3.63, 3.8) is 0 Å². The van der Waals surface area contributed by atoms with Gasteiger partial charge in [0.2, 0.25) is 11.8 Å². The molecule has 0 aliphatic carbocycles. The van der Waals surface area contributed by atoms with E-state index in [1.165, 1.54) is 12.0 Å². The zero-order chi connectivity index (χ0) is 13.5. The number of hydrogen-bond donors (Lipinski definition) is 1. The smallest absolute Gasteiger partial charge is 0.328 e. The minimum Gasteiger partial charge on any atom is -0.478 e. The molecule has 0 saturated carbocycles. The molecule has 100 valence electrons. The van der Waals surface area contributed by atoms with Gasteiger partial charge in [-0.1, -0.05) is 0 Å². The summed E-state index contributed by atoms with van der Waals surface area (Å²) < 4.78 is 4.75. The summed E-state index contributed by atoms with van der Waals surface area (Å²) in [6, 6.07) is 0. The molecule has 1 N–H and O–H groups in total. The van der Waals surface area contributed by atoms with Crippen LogP contribution in [0.25, 0.3) is 0 Å². The summed E-state index contributed by atoms with van der Waals surface area (Å²) in [7, 11) is 1.45. The van der Waals surface area contributed by atoms with Gasteiger partial charge in [0.15, 0.2) is 0 Å². The summed E-state index contributed by atoms with van der Waals surface area (Å²) in [5, 5.41) is 8.41. The molecule has 2 amide bonds. The highest BCUT2D eigenvalue weighted by Gasteiger charge is 2.22. The lowest BCUT2D eigenvalue weighted by Crippen LogP contribution is -2.51. The maximum Gasteiger partial charge on any atom is 0.328 e. The van der Waals surface area contributed by atoms with Crippen LogP contribution in [0.15, 0.2) is 12.2 Å². The summed E-state index contributed by atoms with van der Waals surface area (Å²) in [5.74, 6) is -1.61. The molecular weight excluding hydrogens is 240 g/mol. The summed E-state index contributed by atoms with van der Waals surface area (Å²) >= 11 is 0. The molecule has 1 rings (SSSR count). The first-order chi connectivity index (χ1) is 8.54. The highest BCUT2D eigenvalue weighted by atomic mass is 16.5. The topological polar surface area (TPSA) is 87.2 Å². The van der Waals surface area contributed by atoms with Crippen molar-refractivity contribution in [1.82, 2.24) is 9.80 Å². The van der Waals surface area contributed by atoms with E-state index in [1.54, 1.807) is 4.90 Å². The van der Waals surface area contributed by atoms with E-state index in [0.29, 0.717) is 26.2 Å². The molecule has 1 fully saturated rings. The molecule has 0 spiro atoms. The van der Waals surface area contributed by atoms with Gasteiger partial charge in [-0.15, -0.1) is 0 Å². The Morgan fingerprint density at radius 3 is 2.17 bits per heavy atom. The second-order valence-corrected chi connectivity index (χ2v) is 3.81. The first-order valence-electron chi connectivity index (χ1n) is 5.51. The number of carboxylic acids is 1. The fraction of sp³-hybridized carbons (Fsp3) is 0.545. The molecule has 0 aromatic carbocycles. The van der Waals surface area contributed by atoms with Crippen molar-refractivity contribution in [2.75, 3.05) is 39.9 Å². The first kappa shape index (κ1) is 14.2. The molecule has 0 atom stereocenters. The van der Waals surface area contributed by atoms with Crippen LogP contribution >= 0.6 is 0 Å². The maximum atomic E-state index is 11.6. The average Bonchev–Trinajstić information content (AvgIpc) is 2.36. The minimum absolute atomic E-state index is 0.0346. The number of carbonyl (C=O) groups is 3. The third kappa shape index (κ3) is 4.17. The van der Waals surface area contributed by atoms with Gasteiger partial charge in [-0.25, -0.2) is 4.79 Å². The lowest BCUT2D eigenvalue weighted by atomic mass is 10.3. The molecule has 0 aromatic rings. The van der Waals surface area contributed by atoms with Crippen molar-refractivity contribution in [2.24, 2.45) is 0 Å². The van der Waals surface area contributed by atoms with Crippen molar-refractivity contribution in [3.8, 4) is 0 Å². The maximum absolute atomic E-state index is 11.6. The number of carbonyl (C=O) groups excluding carboxylic acids is 2. The number of nitrogens with zero attached hydrogens (tertiary/aromatic N) is 2. The Morgan fingerprint density at radius 1 is 1.11 bits per heavy atom. The number of rotatable bonds is 4. The Hall–Kier alpha value is -1.89. The summed E-state index contributed by atoms with van der Waals surface area (Å²) in [6.45, 7) is 1.72. The summed E-state index contributed by atoms with van der Waals surface area (Å²) in [4.78, 5) is 36.5. The number of aliphatic carboxylic acids is 1. The van der Waals surface area contributed by atoms with E-state index in [0.717, 1.165) is 12.2 Å². The van der Waals surface area contributed by atoms with Gasteiger partial charge < -0.3 is 19.6 Å². The quantitative estimate of drug-likeness (QED) is 0.648. The lowest BCUT2D eigenvalue weighted by molar-refractivity contribution is -0.140. The third-order valence-corrected chi connectivity index (χ3v) is 2.58. The van der Waals surface area contributed by atoms with Gasteiger partial charge in [-0.2, -0.15) is 0 Å². The second kappa shape index (κ2) is 6.75. The molecule has 0 aromatic heterocycles. The molecule has 18 heavy (non-hydrogen) atoms. The summed E-state index contributed by atoms with van der Waals surface area (Å²) in [6.07, 6.45) is 1.83. The molecule has 1 saturated heterocycles. The molecule has 0 radical (unpaired) electrons. The number of hydrogen-bond acceptors (Lipinski definition) is 4. The highest BCUT2D eigenvalue weighted by Crippen LogP contribution is 2.03. The number of carboxylic acid groups (broad SMARTS) is 1. The molecule has 1 heterocycles. The lowest BCUT2D eigenvalue weighted by Gasteiger charge is -2.34. The van der Waals surface area contributed by atoms with Gasteiger partial charge in [-0.3, -0.25) is 9.59 Å². The van der Waals surface area contributed by atoms with Gasteiger partial charge in [-0.05, 0) is 0 Å². The van der Waals surface area contributed by atoms with Gasteiger partial charge in [0.1, 0.15) is 6.61 Å². The molecule has 0 unspecified atom stereocenters. The molecular formula is C11H16N2O5. The normalized spacial score (nSPS) is 16.1. The van der Waals surface area contributed by atoms with Crippen molar-refractivity contribution in [1.29, 1.82) is 0 Å². The zero-order valence-electron chi connectivity index (χ0n) is 10.2. The highest BCUT2D eigenvalue weighted by molar-refractivity contribution is 5.94. The van der Waals surface area contributed by atoms with Crippen molar-refractivity contribution in [2.45, 2.75) is 0 Å². The van der Waals surface area contributed by atoms with E-state index in [9.17, 15) is 14.4 Å². The predicted molar refractivity (Wildman–Crippen MR) is 61.8 cm³/mol. The van der Waals surface area contributed by atoms with Gasteiger partial charge in [0.05, 0.1) is 0 Å². The molecule has 7 nitrogen and oxygen atoms in total. The van der Waals surface area contributed by atoms with Crippen LogP contribution in [0.3, 0.4) is 0 Å². The number of piperazine rings is 1. The largest absolute Gasteiger partial charge is 0.478 e. The fourth-order valence-corrected chi connectivity index (χ4v) is 1.64. The van der Waals surface area contributed by atoms with Crippen LogP contribution in [0.5, 0.6) is 0 Å². The Kier molecular flexibility index (Phi) is 5.31. The Labute approximate surface area is 105 Å². The predicted octanol–water partition coefficient (Wildman–Crippen LogP) is -1.06. The van der Waals surface area contributed by atoms with Gasteiger partial charge >= 0.3 is 5.97 Å². The van der Waals surface area contributed by atoms with Crippen molar-refractivity contribution >= 4 is 17.8 Å². The average molecular weight is 256 g/mol. The zero-order valence-corrected chi connectivity index (χ0v) is 10.2. The SMILES string of the molecule is COCC(=O)N1CCN(C(=O)/C=C/C(=O)O)CC1. The Morgan fingerprint density at radius 2 is 1.67 bits per heavy atom. The Balaban J connectivity index is 2.41. The Bertz CT molecular complexity index is 358. The van der Waals surface area contributed by atoms with Crippen LogP contribution in [0.1, 0.15) is 0 Å². The van der Waals surface area contributed by atoms with E-state index in [-0.39, 0.29) is 18.4 Å².